The van der Waals surface area contributed by atoms with Gasteiger partial charge in [-0.25, -0.2) is 0 Å². The van der Waals surface area contributed by atoms with Crippen LogP contribution in [-0.4, -0.2) is 49.8 Å². The molecule has 1 rings (SSSR count). The predicted octanol–water partition coefficient (Wildman–Crippen LogP) is 2.12. The average Bonchev–Trinajstić information content (AvgIpc) is 2.28. The second-order valence-corrected chi connectivity index (χ2v) is 5.91. The van der Waals surface area contributed by atoms with Crippen molar-refractivity contribution < 1.29 is 4.74 Å². The Balaban J connectivity index is 2.44. The van der Waals surface area contributed by atoms with Crippen LogP contribution in [0.5, 0.6) is 0 Å². The molecule has 102 valence electrons. The predicted molar refractivity (Wildman–Crippen MR) is 73.4 cm³/mol. The quantitative estimate of drug-likeness (QED) is 0.772. The first-order valence-corrected chi connectivity index (χ1v) is 7.02. The van der Waals surface area contributed by atoms with Gasteiger partial charge in [-0.2, -0.15) is 0 Å². The molecule has 0 saturated carbocycles. The van der Waals surface area contributed by atoms with Gasteiger partial charge in [-0.1, -0.05) is 13.8 Å². The molecule has 0 bridgehead atoms. The van der Waals surface area contributed by atoms with Crippen LogP contribution in [-0.2, 0) is 4.74 Å². The molecule has 3 heteroatoms. The van der Waals surface area contributed by atoms with Gasteiger partial charge in [-0.05, 0) is 32.6 Å². The molecule has 1 fully saturated rings. The van der Waals surface area contributed by atoms with Crippen LogP contribution >= 0.6 is 0 Å². The molecular formula is C14H30N2O. The summed E-state index contributed by atoms with van der Waals surface area (Å²) >= 11 is 0. The van der Waals surface area contributed by atoms with Gasteiger partial charge in [0.05, 0.1) is 0 Å². The van der Waals surface area contributed by atoms with E-state index in [4.69, 9.17) is 4.74 Å². The lowest BCUT2D eigenvalue weighted by Crippen LogP contribution is -2.58. The maximum Gasteiger partial charge on any atom is 0.0477 e. The summed E-state index contributed by atoms with van der Waals surface area (Å²) in [6.07, 6.45) is 2.41. The van der Waals surface area contributed by atoms with E-state index in [2.05, 4.69) is 37.9 Å². The average molecular weight is 242 g/mol. The third kappa shape index (κ3) is 4.94. The van der Waals surface area contributed by atoms with E-state index in [1.165, 1.54) is 13.0 Å². The van der Waals surface area contributed by atoms with E-state index >= 15 is 0 Å². The van der Waals surface area contributed by atoms with Crippen LogP contribution in [0.25, 0.3) is 0 Å². The van der Waals surface area contributed by atoms with Gasteiger partial charge in [-0.15, -0.1) is 0 Å². The number of methoxy groups -OCH3 is 1. The van der Waals surface area contributed by atoms with E-state index in [1.807, 2.05) is 0 Å². The third-order valence-electron chi connectivity index (χ3n) is 3.76. The minimum Gasteiger partial charge on any atom is -0.385 e. The van der Waals surface area contributed by atoms with Crippen molar-refractivity contribution in [3.05, 3.63) is 0 Å². The van der Waals surface area contributed by atoms with E-state index in [1.54, 1.807) is 7.11 Å². The van der Waals surface area contributed by atoms with Gasteiger partial charge in [0.15, 0.2) is 0 Å². The first-order chi connectivity index (χ1) is 8.04. The van der Waals surface area contributed by atoms with Gasteiger partial charge in [0.25, 0.3) is 0 Å². The molecule has 3 atom stereocenters. The molecule has 0 aromatic rings. The Morgan fingerprint density at radius 3 is 2.65 bits per heavy atom. The van der Waals surface area contributed by atoms with Gasteiger partial charge >= 0.3 is 0 Å². The number of rotatable bonds is 6. The zero-order valence-electron chi connectivity index (χ0n) is 12.2. The van der Waals surface area contributed by atoms with Crippen LogP contribution in [0, 0.1) is 5.92 Å². The second kappa shape index (κ2) is 7.34. The summed E-state index contributed by atoms with van der Waals surface area (Å²) in [5.41, 5.74) is 0. The largest absolute Gasteiger partial charge is 0.385 e. The van der Waals surface area contributed by atoms with Crippen molar-refractivity contribution in [2.45, 2.75) is 58.7 Å². The van der Waals surface area contributed by atoms with Gasteiger partial charge in [0, 0.05) is 44.9 Å². The van der Waals surface area contributed by atoms with Gasteiger partial charge in [0.2, 0.25) is 0 Å². The number of hydrogen-bond donors (Lipinski definition) is 1. The Bertz CT molecular complexity index is 208. The molecule has 0 aromatic heterocycles. The van der Waals surface area contributed by atoms with Crippen molar-refractivity contribution >= 4 is 0 Å². The molecular weight excluding hydrogens is 212 g/mol. The summed E-state index contributed by atoms with van der Waals surface area (Å²) in [5.74, 6) is 0.775. The highest BCUT2D eigenvalue weighted by Gasteiger charge is 2.28. The van der Waals surface area contributed by atoms with E-state index in [9.17, 15) is 0 Å². The number of ether oxygens (including phenoxy) is 1. The van der Waals surface area contributed by atoms with Gasteiger partial charge < -0.3 is 10.1 Å². The second-order valence-electron chi connectivity index (χ2n) is 5.91. The van der Waals surface area contributed by atoms with Crippen LogP contribution in [0.1, 0.15) is 40.5 Å². The number of piperazine rings is 1. The SMILES string of the molecule is COCCC(C)N1CC(CC(C)C)NCC1C. The minimum absolute atomic E-state index is 0.627. The van der Waals surface area contributed by atoms with Crippen molar-refractivity contribution in [3.8, 4) is 0 Å². The first kappa shape index (κ1) is 14.9. The number of nitrogens with one attached hydrogen (secondary N) is 1. The molecule has 0 radical (unpaired) electrons. The van der Waals surface area contributed by atoms with Crippen LogP contribution in [0.3, 0.4) is 0 Å². The Morgan fingerprint density at radius 1 is 1.35 bits per heavy atom. The summed E-state index contributed by atoms with van der Waals surface area (Å²) < 4.78 is 5.19. The maximum atomic E-state index is 5.19. The molecule has 3 nitrogen and oxygen atoms in total. The summed E-state index contributed by atoms with van der Waals surface area (Å²) in [4.78, 5) is 2.64. The molecule has 1 heterocycles. The van der Waals surface area contributed by atoms with Crippen molar-refractivity contribution in [1.29, 1.82) is 0 Å². The minimum atomic E-state index is 0.627. The molecule has 17 heavy (non-hydrogen) atoms. The van der Waals surface area contributed by atoms with Crippen molar-refractivity contribution in [3.63, 3.8) is 0 Å². The summed E-state index contributed by atoms with van der Waals surface area (Å²) in [7, 11) is 1.79. The Morgan fingerprint density at radius 2 is 2.06 bits per heavy atom. The van der Waals surface area contributed by atoms with Crippen LogP contribution in [0.2, 0.25) is 0 Å². The fourth-order valence-electron chi connectivity index (χ4n) is 2.75. The Kier molecular flexibility index (Phi) is 6.45. The highest BCUT2D eigenvalue weighted by molar-refractivity contribution is 4.87. The third-order valence-corrected chi connectivity index (χ3v) is 3.76. The standard InChI is InChI=1S/C14H30N2O/c1-11(2)8-14-10-16(13(4)9-15-14)12(3)6-7-17-5/h11-15H,6-10H2,1-5H3. The lowest BCUT2D eigenvalue weighted by atomic mass is 9.98. The molecule has 0 spiro atoms. The van der Waals surface area contributed by atoms with Crippen LogP contribution < -0.4 is 5.32 Å². The summed E-state index contributed by atoms with van der Waals surface area (Å²) in [5, 5.41) is 3.67. The zero-order valence-corrected chi connectivity index (χ0v) is 12.2. The monoisotopic (exact) mass is 242 g/mol. The fourth-order valence-corrected chi connectivity index (χ4v) is 2.75. The van der Waals surface area contributed by atoms with E-state index in [0.717, 1.165) is 25.5 Å². The summed E-state index contributed by atoms with van der Waals surface area (Å²) in [6.45, 7) is 12.4. The van der Waals surface area contributed by atoms with Crippen molar-refractivity contribution in [1.82, 2.24) is 10.2 Å². The molecule has 1 aliphatic heterocycles. The van der Waals surface area contributed by atoms with E-state index < -0.39 is 0 Å². The van der Waals surface area contributed by atoms with Crippen LogP contribution in [0.4, 0.5) is 0 Å². The molecule has 0 aliphatic carbocycles. The molecule has 1 N–H and O–H groups in total. The smallest absolute Gasteiger partial charge is 0.0477 e. The maximum absolute atomic E-state index is 5.19. The highest BCUT2D eigenvalue weighted by atomic mass is 16.5. The normalized spacial score (nSPS) is 28.6. The number of hydrogen-bond acceptors (Lipinski definition) is 3. The van der Waals surface area contributed by atoms with Crippen molar-refractivity contribution in [2.24, 2.45) is 5.92 Å². The molecule has 0 amide bonds. The van der Waals surface area contributed by atoms with Crippen molar-refractivity contribution in [2.75, 3.05) is 26.8 Å². The highest BCUT2D eigenvalue weighted by Crippen LogP contribution is 2.17. The van der Waals surface area contributed by atoms with Crippen LogP contribution in [0.15, 0.2) is 0 Å². The van der Waals surface area contributed by atoms with E-state index in [0.29, 0.717) is 18.1 Å². The molecule has 0 aromatic carbocycles. The Hall–Kier alpha value is -0.120. The Labute approximate surface area is 107 Å². The zero-order chi connectivity index (χ0) is 12.8. The molecule has 1 aliphatic rings. The van der Waals surface area contributed by atoms with Gasteiger partial charge in [-0.3, -0.25) is 4.90 Å². The number of nitrogens with zero attached hydrogens (tertiary/aromatic N) is 1. The lowest BCUT2D eigenvalue weighted by molar-refractivity contribution is 0.0712. The molecule has 3 unspecified atom stereocenters. The lowest BCUT2D eigenvalue weighted by Gasteiger charge is -2.42. The van der Waals surface area contributed by atoms with Gasteiger partial charge in [0.1, 0.15) is 0 Å². The first-order valence-electron chi connectivity index (χ1n) is 7.02. The topological polar surface area (TPSA) is 24.5 Å². The summed E-state index contributed by atoms with van der Waals surface area (Å²) in [6, 6.07) is 1.93. The van der Waals surface area contributed by atoms with E-state index in [-0.39, 0.29) is 0 Å². The molecule has 1 saturated heterocycles. The fraction of sp³-hybridized carbons (Fsp3) is 1.00.